The molecule has 1 aromatic carbocycles. The topological polar surface area (TPSA) is 12.0 Å². The van der Waals surface area contributed by atoms with Gasteiger partial charge in [-0.15, -0.1) is 0 Å². The molecule has 0 aromatic heterocycles. The minimum Gasteiger partial charge on any atom is -0.307 e. The number of hydrogen-bond donors (Lipinski definition) is 1. The van der Waals surface area contributed by atoms with E-state index in [-0.39, 0.29) is 11.9 Å². The predicted molar refractivity (Wildman–Crippen MR) is 67.2 cm³/mol. The summed E-state index contributed by atoms with van der Waals surface area (Å²) < 4.78 is 13.7. The van der Waals surface area contributed by atoms with Crippen molar-refractivity contribution in [2.75, 3.05) is 0 Å². The fourth-order valence-corrected chi connectivity index (χ4v) is 3.69. The summed E-state index contributed by atoms with van der Waals surface area (Å²) in [4.78, 5) is 0. The highest BCUT2D eigenvalue weighted by Gasteiger charge is 2.39. The van der Waals surface area contributed by atoms with E-state index >= 15 is 0 Å². The maximum Gasteiger partial charge on any atom is 0.127 e. The van der Waals surface area contributed by atoms with Crippen molar-refractivity contribution in [3.63, 3.8) is 0 Å². The third-order valence-electron chi connectivity index (χ3n) is 4.57. The molecular weight excluding hydrogens is 213 g/mol. The van der Waals surface area contributed by atoms with Crippen molar-refractivity contribution in [2.24, 2.45) is 11.8 Å². The van der Waals surface area contributed by atoms with Crippen LogP contribution in [0, 0.1) is 17.7 Å². The highest BCUT2D eigenvalue weighted by Crippen LogP contribution is 2.45. The molecule has 2 bridgehead atoms. The summed E-state index contributed by atoms with van der Waals surface area (Å²) in [6.45, 7) is 2.07. The molecular formula is C15H20FN. The Hall–Kier alpha value is -0.890. The molecule has 2 aliphatic carbocycles. The Balaban J connectivity index is 1.68. The molecule has 92 valence electrons. The fraction of sp³-hybridized carbons (Fsp3) is 0.600. The molecule has 2 aliphatic rings. The summed E-state index contributed by atoms with van der Waals surface area (Å²) in [6, 6.07) is 7.85. The van der Waals surface area contributed by atoms with Crippen LogP contribution in [0.2, 0.25) is 0 Å². The van der Waals surface area contributed by atoms with Gasteiger partial charge in [-0.25, -0.2) is 4.39 Å². The van der Waals surface area contributed by atoms with Crippen LogP contribution in [0.5, 0.6) is 0 Å². The van der Waals surface area contributed by atoms with Crippen LogP contribution < -0.4 is 5.32 Å². The first-order chi connectivity index (χ1) is 8.24. The summed E-state index contributed by atoms with van der Waals surface area (Å²) >= 11 is 0. The summed E-state index contributed by atoms with van der Waals surface area (Å²) in [7, 11) is 0. The van der Waals surface area contributed by atoms with E-state index in [0.29, 0.717) is 6.04 Å². The first-order valence-electron chi connectivity index (χ1n) is 6.74. The first-order valence-corrected chi connectivity index (χ1v) is 6.74. The molecule has 3 unspecified atom stereocenters. The molecule has 0 aliphatic heterocycles. The van der Waals surface area contributed by atoms with Gasteiger partial charge in [0.1, 0.15) is 5.82 Å². The van der Waals surface area contributed by atoms with Gasteiger partial charge in [0, 0.05) is 17.6 Å². The molecule has 0 radical (unpaired) electrons. The Morgan fingerprint density at radius 2 is 2.06 bits per heavy atom. The zero-order chi connectivity index (χ0) is 11.8. The second-order valence-electron chi connectivity index (χ2n) is 5.69. The number of rotatable bonds is 3. The molecule has 0 amide bonds. The van der Waals surface area contributed by atoms with Gasteiger partial charge in [0.2, 0.25) is 0 Å². The molecule has 3 rings (SSSR count). The zero-order valence-electron chi connectivity index (χ0n) is 10.3. The number of hydrogen-bond acceptors (Lipinski definition) is 1. The van der Waals surface area contributed by atoms with E-state index in [1.54, 1.807) is 12.1 Å². The fourth-order valence-electron chi connectivity index (χ4n) is 3.69. The van der Waals surface area contributed by atoms with E-state index < -0.39 is 0 Å². The van der Waals surface area contributed by atoms with Crippen LogP contribution in [0.4, 0.5) is 4.39 Å². The van der Waals surface area contributed by atoms with Gasteiger partial charge in [0.15, 0.2) is 0 Å². The molecule has 1 nitrogen and oxygen atoms in total. The minimum absolute atomic E-state index is 0.0874. The summed E-state index contributed by atoms with van der Waals surface area (Å²) in [5.74, 6) is 1.69. The third-order valence-corrected chi connectivity index (χ3v) is 4.57. The molecule has 1 N–H and O–H groups in total. The largest absolute Gasteiger partial charge is 0.307 e. The average Bonchev–Trinajstić information content (AvgIpc) is 2.91. The van der Waals surface area contributed by atoms with Crippen LogP contribution in [0.1, 0.15) is 44.2 Å². The number of nitrogens with one attached hydrogen (secondary N) is 1. The van der Waals surface area contributed by atoms with Crippen LogP contribution >= 0.6 is 0 Å². The van der Waals surface area contributed by atoms with Crippen molar-refractivity contribution >= 4 is 0 Å². The van der Waals surface area contributed by atoms with E-state index in [1.807, 2.05) is 12.1 Å². The molecule has 17 heavy (non-hydrogen) atoms. The molecule has 0 heterocycles. The van der Waals surface area contributed by atoms with Gasteiger partial charge >= 0.3 is 0 Å². The van der Waals surface area contributed by atoms with E-state index in [4.69, 9.17) is 0 Å². The molecule has 2 saturated carbocycles. The second-order valence-corrected chi connectivity index (χ2v) is 5.69. The minimum atomic E-state index is -0.0874. The molecule has 0 saturated heterocycles. The lowest BCUT2D eigenvalue weighted by Gasteiger charge is -2.27. The van der Waals surface area contributed by atoms with Crippen LogP contribution in [-0.4, -0.2) is 6.04 Å². The summed E-state index contributed by atoms with van der Waals surface area (Å²) in [5, 5.41) is 3.63. The molecule has 2 fully saturated rings. The van der Waals surface area contributed by atoms with Gasteiger partial charge in [0.05, 0.1) is 0 Å². The predicted octanol–water partition coefficient (Wildman–Crippen LogP) is 3.66. The second kappa shape index (κ2) is 4.41. The number of benzene rings is 1. The van der Waals surface area contributed by atoms with E-state index in [0.717, 1.165) is 17.4 Å². The van der Waals surface area contributed by atoms with Crippen LogP contribution in [0.25, 0.3) is 0 Å². The van der Waals surface area contributed by atoms with Crippen LogP contribution in [0.3, 0.4) is 0 Å². The van der Waals surface area contributed by atoms with Crippen molar-refractivity contribution in [1.82, 2.24) is 5.32 Å². The molecule has 1 aromatic rings. The Kier molecular flexibility index (Phi) is 2.91. The van der Waals surface area contributed by atoms with Crippen molar-refractivity contribution in [3.05, 3.63) is 35.6 Å². The SMILES string of the molecule is C[C@@H](NC1CC2CCC1C2)c1ccccc1F. The van der Waals surface area contributed by atoms with Crippen molar-refractivity contribution in [1.29, 1.82) is 0 Å². The highest BCUT2D eigenvalue weighted by atomic mass is 19.1. The van der Waals surface area contributed by atoms with Gasteiger partial charge in [-0.2, -0.15) is 0 Å². The molecule has 0 spiro atoms. The Labute approximate surface area is 102 Å². The number of fused-ring (bicyclic) bond motifs is 2. The van der Waals surface area contributed by atoms with E-state index in [1.165, 1.54) is 25.7 Å². The monoisotopic (exact) mass is 233 g/mol. The maximum atomic E-state index is 13.7. The van der Waals surface area contributed by atoms with Crippen molar-refractivity contribution in [3.8, 4) is 0 Å². The lowest BCUT2D eigenvalue weighted by Crippen LogP contribution is -2.36. The van der Waals surface area contributed by atoms with Crippen LogP contribution in [0.15, 0.2) is 24.3 Å². The normalized spacial score (nSPS) is 32.9. The van der Waals surface area contributed by atoms with Crippen LogP contribution in [-0.2, 0) is 0 Å². The lowest BCUT2D eigenvalue weighted by atomic mass is 9.94. The average molecular weight is 233 g/mol. The standard InChI is InChI=1S/C15H20FN/c1-10(13-4-2-3-5-14(13)16)17-15-9-11-6-7-12(15)8-11/h2-5,10-12,15,17H,6-9H2,1H3/t10-,11?,12?,15?/m1/s1. The zero-order valence-corrected chi connectivity index (χ0v) is 10.3. The molecule has 2 heteroatoms. The maximum absolute atomic E-state index is 13.7. The van der Waals surface area contributed by atoms with E-state index in [2.05, 4.69) is 12.2 Å². The van der Waals surface area contributed by atoms with Gasteiger partial charge in [-0.1, -0.05) is 24.6 Å². The van der Waals surface area contributed by atoms with Crippen molar-refractivity contribution in [2.45, 2.75) is 44.7 Å². The Morgan fingerprint density at radius 3 is 2.71 bits per heavy atom. The van der Waals surface area contributed by atoms with Gasteiger partial charge in [0.25, 0.3) is 0 Å². The van der Waals surface area contributed by atoms with Gasteiger partial charge in [-0.3, -0.25) is 0 Å². The highest BCUT2D eigenvalue weighted by molar-refractivity contribution is 5.20. The first kappa shape index (κ1) is 11.2. The van der Waals surface area contributed by atoms with Gasteiger partial charge in [-0.05, 0) is 44.1 Å². The quantitative estimate of drug-likeness (QED) is 0.840. The summed E-state index contributed by atoms with van der Waals surface area (Å²) in [5.41, 5.74) is 0.801. The third kappa shape index (κ3) is 2.11. The van der Waals surface area contributed by atoms with E-state index in [9.17, 15) is 4.39 Å². The summed E-state index contributed by atoms with van der Waals surface area (Å²) in [6.07, 6.45) is 5.47. The number of halogens is 1. The lowest BCUT2D eigenvalue weighted by molar-refractivity contribution is 0.324. The smallest absolute Gasteiger partial charge is 0.127 e. The van der Waals surface area contributed by atoms with Crippen molar-refractivity contribution < 1.29 is 4.39 Å². The Bertz CT molecular complexity index is 404. The Morgan fingerprint density at radius 1 is 1.24 bits per heavy atom. The van der Waals surface area contributed by atoms with Gasteiger partial charge < -0.3 is 5.32 Å². The molecule has 4 atom stereocenters.